The van der Waals surface area contributed by atoms with Gasteiger partial charge in [-0.15, -0.1) is 0 Å². The highest BCUT2D eigenvalue weighted by atomic mass is 19.4. The van der Waals surface area contributed by atoms with E-state index >= 15 is 0 Å². The van der Waals surface area contributed by atoms with Crippen LogP contribution in [0.5, 0.6) is 0 Å². The lowest BCUT2D eigenvalue weighted by Gasteiger charge is -2.40. The summed E-state index contributed by atoms with van der Waals surface area (Å²) in [4.78, 5) is 9.72. The molecule has 1 saturated heterocycles. The number of nitrogens with one attached hydrogen (secondary N) is 1. The maximum atomic E-state index is 13.2. The number of rotatable bonds is 5. The molecule has 9 heteroatoms. The van der Waals surface area contributed by atoms with Gasteiger partial charge in [0, 0.05) is 39.8 Å². The van der Waals surface area contributed by atoms with E-state index in [0.29, 0.717) is 38.7 Å². The minimum Gasteiger partial charge on any atom is -0.354 e. The van der Waals surface area contributed by atoms with E-state index in [1.54, 1.807) is 19.2 Å². The van der Waals surface area contributed by atoms with Crippen molar-refractivity contribution in [3.63, 3.8) is 0 Å². The van der Waals surface area contributed by atoms with Gasteiger partial charge >= 0.3 is 6.18 Å². The average Bonchev–Trinajstić information content (AvgIpc) is 2.65. The molecule has 0 bridgehead atoms. The lowest BCUT2D eigenvalue weighted by atomic mass is 10.1. The number of halogens is 4. The summed E-state index contributed by atoms with van der Waals surface area (Å²) in [5.74, 6) is 0.379. The van der Waals surface area contributed by atoms with E-state index in [4.69, 9.17) is 0 Å². The Morgan fingerprint density at radius 3 is 2.18 bits per heavy atom. The van der Waals surface area contributed by atoms with E-state index in [1.165, 1.54) is 24.0 Å². The highest BCUT2D eigenvalue weighted by molar-refractivity contribution is 5.80. The summed E-state index contributed by atoms with van der Waals surface area (Å²) >= 11 is 0. The van der Waals surface area contributed by atoms with Crippen molar-refractivity contribution in [2.75, 3.05) is 53.9 Å². The van der Waals surface area contributed by atoms with Gasteiger partial charge in [0.05, 0.1) is 6.04 Å². The van der Waals surface area contributed by atoms with E-state index in [1.807, 2.05) is 23.9 Å². The maximum Gasteiger partial charge on any atom is 0.403 e. The molecule has 2 unspecified atom stereocenters. The number of hydrogen-bond acceptors (Lipinski definition) is 3. The van der Waals surface area contributed by atoms with Gasteiger partial charge in [-0.05, 0) is 38.7 Å². The van der Waals surface area contributed by atoms with Gasteiger partial charge in [-0.1, -0.05) is 12.1 Å². The first-order valence-electron chi connectivity index (χ1n) is 9.31. The van der Waals surface area contributed by atoms with Crippen LogP contribution in [0.3, 0.4) is 0 Å². The lowest BCUT2D eigenvalue weighted by Crippen LogP contribution is -2.57. The number of likely N-dealkylation sites (N-methyl/N-ethyl adjacent to an activating group) is 1. The topological polar surface area (TPSA) is 34.1 Å². The van der Waals surface area contributed by atoms with Crippen molar-refractivity contribution < 1.29 is 17.6 Å². The van der Waals surface area contributed by atoms with Gasteiger partial charge in [-0.25, -0.2) is 4.39 Å². The molecule has 0 radical (unpaired) electrons. The van der Waals surface area contributed by atoms with E-state index in [9.17, 15) is 17.6 Å². The van der Waals surface area contributed by atoms with E-state index < -0.39 is 12.2 Å². The molecule has 1 aromatic rings. The number of hydrogen-bond donors (Lipinski definition) is 1. The normalized spacial score (nSPS) is 19.0. The van der Waals surface area contributed by atoms with Crippen LogP contribution in [0.4, 0.5) is 17.6 Å². The maximum absolute atomic E-state index is 13.2. The van der Waals surface area contributed by atoms with Gasteiger partial charge in [0.2, 0.25) is 0 Å². The van der Waals surface area contributed by atoms with Crippen LogP contribution in [0.2, 0.25) is 0 Å². The summed E-state index contributed by atoms with van der Waals surface area (Å²) in [6, 6.07) is 4.93. The Labute approximate surface area is 164 Å². The van der Waals surface area contributed by atoms with Crippen molar-refractivity contribution in [1.29, 1.82) is 0 Å². The van der Waals surface area contributed by atoms with Crippen molar-refractivity contribution in [3.8, 4) is 0 Å². The SMILES string of the molecule is CN=C(NCC(c1ccc(F)cc1)N(C)C)N1CCN(C(C)C(F)(F)F)CC1. The Kier molecular flexibility index (Phi) is 7.65. The zero-order chi connectivity index (χ0) is 20.9. The van der Waals surface area contributed by atoms with Gasteiger partial charge in [-0.2, -0.15) is 13.2 Å². The predicted octanol–water partition coefficient (Wildman–Crippen LogP) is 2.57. The summed E-state index contributed by atoms with van der Waals surface area (Å²) in [5, 5.41) is 3.31. The first-order chi connectivity index (χ1) is 13.1. The number of aliphatic imine (C=N–C) groups is 1. The Hall–Kier alpha value is -1.87. The van der Waals surface area contributed by atoms with Crippen molar-refractivity contribution in [1.82, 2.24) is 20.0 Å². The average molecular weight is 403 g/mol. The van der Waals surface area contributed by atoms with Gasteiger partial charge in [0.25, 0.3) is 0 Å². The molecule has 1 aliphatic heterocycles. The van der Waals surface area contributed by atoms with Crippen LogP contribution in [0.15, 0.2) is 29.3 Å². The Morgan fingerprint density at radius 1 is 1.14 bits per heavy atom. The van der Waals surface area contributed by atoms with Crippen LogP contribution in [-0.4, -0.2) is 86.7 Å². The van der Waals surface area contributed by atoms with E-state index in [2.05, 4.69) is 10.3 Å². The Morgan fingerprint density at radius 2 is 1.71 bits per heavy atom. The third-order valence-electron chi connectivity index (χ3n) is 5.18. The van der Waals surface area contributed by atoms with E-state index in [0.717, 1.165) is 5.56 Å². The minimum atomic E-state index is -4.21. The summed E-state index contributed by atoms with van der Waals surface area (Å²) in [7, 11) is 5.54. The molecule has 28 heavy (non-hydrogen) atoms. The van der Waals surface area contributed by atoms with Gasteiger partial charge < -0.3 is 15.1 Å². The van der Waals surface area contributed by atoms with Crippen LogP contribution < -0.4 is 5.32 Å². The number of alkyl halides is 3. The van der Waals surface area contributed by atoms with Crippen molar-refractivity contribution in [3.05, 3.63) is 35.6 Å². The molecule has 2 atom stereocenters. The third-order valence-corrected chi connectivity index (χ3v) is 5.18. The van der Waals surface area contributed by atoms with Crippen molar-refractivity contribution in [2.45, 2.75) is 25.2 Å². The lowest BCUT2D eigenvalue weighted by molar-refractivity contribution is -0.181. The minimum absolute atomic E-state index is 0.00360. The largest absolute Gasteiger partial charge is 0.403 e. The van der Waals surface area contributed by atoms with Crippen LogP contribution in [-0.2, 0) is 0 Å². The number of piperazine rings is 1. The third kappa shape index (κ3) is 5.81. The smallest absolute Gasteiger partial charge is 0.354 e. The molecule has 0 aromatic heterocycles. The number of benzene rings is 1. The highest BCUT2D eigenvalue weighted by Crippen LogP contribution is 2.25. The Balaban J connectivity index is 1.94. The van der Waals surface area contributed by atoms with Crippen LogP contribution in [0, 0.1) is 5.82 Å². The fourth-order valence-electron chi connectivity index (χ4n) is 3.33. The molecule has 0 saturated carbocycles. The highest BCUT2D eigenvalue weighted by Gasteiger charge is 2.41. The zero-order valence-electron chi connectivity index (χ0n) is 16.8. The molecule has 0 spiro atoms. The molecule has 1 aliphatic rings. The molecule has 2 rings (SSSR count). The number of guanidine groups is 1. The second kappa shape index (κ2) is 9.56. The first-order valence-corrected chi connectivity index (χ1v) is 9.31. The Bertz CT molecular complexity index is 637. The second-order valence-corrected chi connectivity index (χ2v) is 7.20. The predicted molar refractivity (Wildman–Crippen MR) is 103 cm³/mol. The molecule has 0 amide bonds. The monoisotopic (exact) mass is 403 g/mol. The standard InChI is InChI=1S/C19H29F4N5/c1-14(19(21,22)23)27-9-11-28(12-10-27)18(24-2)25-13-17(26(3)4)15-5-7-16(20)8-6-15/h5-8,14,17H,9-13H2,1-4H3,(H,24,25). The van der Waals surface area contributed by atoms with Crippen LogP contribution in [0.25, 0.3) is 0 Å². The second-order valence-electron chi connectivity index (χ2n) is 7.20. The summed E-state index contributed by atoms with van der Waals surface area (Å²) in [5.41, 5.74) is 0.971. The van der Waals surface area contributed by atoms with Crippen LogP contribution >= 0.6 is 0 Å². The quantitative estimate of drug-likeness (QED) is 0.466. The molecule has 5 nitrogen and oxygen atoms in total. The molecule has 0 aliphatic carbocycles. The van der Waals surface area contributed by atoms with Crippen molar-refractivity contribution in [2.24, 2.45) is 4.99 Å². The van der Waals surface area contributed by atoms with Crippen LogP contribution in [0.1, 0.15) is 18.5 Å². The molecule has 1 fully saturated rings. The molecular formula is C19H29F4N5. The molecule has 1 aromatic carbocycles. The van der Waals surface area contributed by atoms with Gasteiger partial charge in [0.1, 0.15) is 11.9 Å². The summed E-state index contributed by atoms with van der Waals surface area (Å²) < 4.78 is 51.9. The molecule has 1 heterocycles. The fourth-order valence-corrected chi connectivity index (χ4v) is 3.33. The molecule has 158 valence electrons. The molecular weight excluding hydrogens is 374 g/mol. The molecule has 1 N–H and O–H groups in total. The fraction of sp³-hybridized carbons (Fsp3) is 0.632. The summed E-state index contributed by atoms with van der Waals surface area (Å²) in [6.45, 7) is 3.36. The summed E-state index contributed by atoms with van der Waals surface area (Å²) in [6.07, 6.45) is -4.21. The first kappa shape index (κ1) is 22.4. The zero-order valence-corrected chi connectivity index (χ0v) is 16.8. The number of nitrogens with zero attached hydrogens (tertiary/aromatic N) is 4. The van der Waals surface area contributed by atoms with Crippen molar-refractivity contribution >= 4 is 5.96 Å². The van der Waals surface area contributed by atoms with E-state index in [-0.39, 0.29) is 11.9 Å². The van der Waals surface area contributed by atoms with Gasteiger partial charge in [-0.3, -0.25) is 9.89 Å². The van der Waals surface area contributed by atoms with Gasteiger partial charge in [0.15, 0.2) is 5.96 Å².